The molecule has 0 aromatic heterocycles. The number of ether oxygens (including phenoxy) is 1. The second-order valence-electron chi connectivity index (χ2n) is 5.94. The Kier molecular flexibility index (Phi) is 4.88. The molecule has 3 rings (SSSR count). The smallest absolute Gasteiger partial charge is 0.246 e. The van der Waals surface area contributed by atoms with Crippen LogP contribution in [0.5, 0.6) is 5.75 Å². The first kappa shape index (κ1) is 16.8. The van der Waals surface area contributed by atoms with E-state index >= 15 is 0 Å². The maximum atomic E-state index is 12.9. The fourth-order valence-corrected chi connectivity index (χ4v) is 3.01. The SMILES string of the molecule is COc1ccccc1NCC(=O)N1c2ccccc2NC(=O)CC1C. The van der Waals surface area contributed by atoms with Crippen molar-refractivity contribution in [3.63, 3.8) is 0 Å². The van der Waals surface area contributed by atoms with E-state index in [1.807, 2.05) is 49.4 Å². The summed E-state index contributed by atoms with van der Waals surface area (Å²) in [4.78, 5) is 26.6. The van der Waals surface area contributed by atoms with Crippen LogP contribution >= 0.6 is 0 Å². The van der Waals surface area contributed by atoms with Crippen LogP contribution in [0.3, 0.4) is 0 Å². The number of carbonyl (C=O) groups is 2. The lowest BCUT2D eigenvalue weighted by molar-refractivity contribution is -0.118. The predicted molar refractivity (Wildman–Crippen MR) is 98.1 cm³/mol. The lowest BCUT2D eigenvalue weighted by atomic mass is 10.1. The predicted octanol–water partition coefficient (Wildman–Crippen LogP) is 2.87. The summed E-state index contributed by atoms with van der Waals surface area (Å²) < 4.78 is 5.29. The summed E-state index contributed by atoms with van der Waals surface area (Å²) in [7, 11) is 1.59. The number of para-hydroxylation sites is 4. The second-order valence-corrected chi connectivity index (χ2v) is 5.94. The van der Waals surface area contributed by atoms with Crippen molar-refractivity contribution in [3.05, 3.63) is 48.5 Å². The maximum absolute atomic E-state index is 12.9. The van der Waals surface area contributed by atoms with Gasteiger partial charge in [0.15, 0.2) is 0 Å². The van der Waals surface area contributed by atoms with E-state index in [9.17, 15) is 9.59 Å². The molecule has 1 aliphatic rings. The van der Waals surface area contributed by atoms with Gasteiger partial charge >= 0.3 is 0 Å². The highest BCUT2D eigenvalue weighted by atomic mass is 16.5. The molecule has 1 atom stereocenters. The van der Waals surface area contributed by atoms with Gasteiger partial charge in [-0.25, -0.2) is 0 Å². The van der Waals surface area contributed by atoms with Crippen LogP contribution in [-0.4, -0.2) is 31.5 Å². The van der Waals surface area contributed by atoms with Crippen molar-refractivity contribution in [3.8, 4) is 5.75 Å². The zero-order valence-electron chi connectivity index (χ0n) is 14.3. The number of nitrogens with one attached hydrogen (secondary N) is 2. The van der Waals surface area contributed by atoms with E-state index < -0.39 is 0 Å². The van der Waals surface area contributed by atoms with Gasteiger partial charge in [0.25, 0.3) is 0 Å². The van der Waals surface area contributed by atoms with Crippen molar-refractivity contribution in [1.82, 2.24) is 0 Å². The topological polar surface area (TPSA) is 70.7 Å². The van der Waals surface area contributed by atoms with Crippen molar-refractivity contribution >= 4 is 28.9 Å². The van der Waals surface area contributed by atoms with Gasteiger partial charge in [0.1, 0.15) is 5.75 Å². The number of rotatable bonds is 4. The van der Waals surface area contributed by atoms with Crippen molar-refractivity contribution in [2.75, 3.05) is 29.2 Å². The molecule has 1 aliphatic heterocycles. The molecule has 2 N–H and O–H groups in total. The molecule has 2 aromatic rings. The summed E-state index contributed by atoms with van der Waals surface area (Å²) >= 11 is 0. The number of benzene rings is 2. The third-order valence-corrected chi connectivity index (χ3v) is 4.16. The van der Waals surface area contributed by atoms with Gasteiger partial charge in [-0.2, -0.15) is 0 Å². The summed E-state index contributed by atoms with van der Waals surface area (Å²) in [6.07, 6.45) is 0.259. The lowest BCUT2D eigenvalue weighted by Crippen LogP contribution is -2.42. The number of anilines is 3. The summed E-state index contributed by atoms with van der Waals surface area (Å²) in [5, 5.41) is 5.98. The highest BCUT2D eigenvalue weighted by Gasteiger charge is 2.29. The monoisotopic (exact) mass is 339 g/mol. The number of nitrogens with zero attached hydrogens (tertiary/aromatic N) is 1. The van der Waals surface area contributed by atoms with Crippen LogP contribution in [-0.2, 0) is 9.59 Å². The Hall–Kier alpha value is -3.02. The molecule has 0 radical (unpaired) electrons. The Labute approximate surface area is 146 Å². The van der Waals surface area contributed by atoms with Gasteiger partial charge < -0.3 is 20.3 Å². The first-order valence-electron chi connectivity index (χ1n) is 8.18. The molecule has 1 heterocycles. The van der Waals surface area contributed by atoms with Crippen molar-refractivity contribution < 1.29 is 14.3 Å². The molecular formula is C19H21N3O3. The van der Waals surface area contributed by atoms with Crippen LogP contribution in [0.15, 0.2) is 48.5 Å². The molecule has 6 nitrogen and oxygen atoms in total. The minimum atomic E-state index is -0.226. The maximum Gasteiger partial charge on any atom is 0.246 e. The van der Waals surface area contributed by atoms with Crippen LogP contribution in [0.25, 0.3) is 0 Å². The minimum Gasteiger partial charge on any atom is -0.495 e. The molecule has 25 heavy (non-hydrogen) atoms. The summed E-state index contributed by atoms with van der Waals surface area (Å²) in [6.45, 7) is 1.98. The van der Waals surface area contributed by atoms with Crippen molar-refractivity contribution in [1.29, 1.82) is 0 Å². The third-order valence-electron chi connectivity index (χ3n) is 4.16. The van der Waals surface area contributed by atoms with Crippen LogP contribution in [0.4, 0.5) is 17.1 Å². The number of amides is 2. The summed E-state index contributed by atoms with van der Waals surface area (Å²) in [5.41, 5.74) is 2.12. The van der Waals surface area contributed by atoms with E-state index in [0.717, 1.165) is 5.69 Å². The van der Waals surface area contributed by atoms with Gasteiger partial charge in [0.2, 0.25) is 11.8 Å². The minimum absolute atomic E-state index is 0.0899. The Bertz CT molecular complexity index is 791. The number of hydrogen-bond donors (Lipinski definition) is 2. The largest absolute Gasteiger partial charge is 0.495 e. The number of carbonyl (C=O) groups excluding carboxylic acids is 2. The Morgan fingerprint density at radius 1 is 1.24 bits per heavy atom. The molecule has 1 unspecified atom stereocenters. The fraction of sp³-hybridized carbons (Fsp3) is 0.263. The molecule has 0 aliphatic carbocycles. The Morgan fingerprint density at radius 2 is 1.96 bits per heavy atom. The highest BCUT2D eigenvalue weighted by Crippen LogP contribution is 2.31. The Morgan fingerprint density at radius 3 is 2.76 bits per heavy atom. The van der Waals surface area contributed by atoms with E-state index in [0.29, 0.717) is 17.1 Å². The molecule has 0 bridgehead atoms. The highest BCUT2D eigenvalue weighted by molar-refractivity contribution is 6.05. The molecule has 0 saturated carbocycles. The molecule has 2 aromatic carbocycles. The van der Waals surface area contributed by atoms with Gasteiger partial charge in [0, 0.05) is 12.5 Å². The quantitative estimate of drug-likeness (QED) is 0.898. The van der Waals surface area contributed by atoms with Crippen molar-refractivity contribution in [2.45, 2.75) is 19.4 Å². The fourth-order valence-electron chi connectivity index (χ4n) is 3.01. The number of hydrogen-bond acceptors (Lipinski definition) is 4. The number of fused-ring (bicyclic) bond motifs is 1. The first-order valence-corrected chi connectivity index (χ1v) is 8.18. The normalized spacial score (nSPS) is 16.5. The standard InChI is InChI=1S/C19H21N3O3/c1-13-11-18(23)21-14-7-3-5-9-16(14)22(13)19(24)12-20-15-8-4-6-10-17(15)25-2/h3-10,13,20H,11-12H2,1-2H3,(H,21,23). The second kappa shape index (κ2) is 7.25. The Balaban J connectivity index is 1.82. The zero-order valence-corrected chi connectivity index (χ0v) is 14.3. The van der Waals surface area contributed by atoms with Crippen LogP contribution in [0.2, 0.25) is 0 Å². The molecule has 0 spiro atoms. The van der Waals surface area contributed by atoms with Gasteiger partial charge in [-0.3, -0.25) is 9.59 Å². The van der Waals surface area contributed by atoms with Crippen molar-refractivity contribution in [2.24, 2.45) is 0 Å². The van der Waals surface area contributed by atoms with Crippen LogP contribution in [0, 0.1) is 0 Å². The van der Waals surface area contributed by atoms with E-state index in [-0.39, 0.29) is 30.8 Å². The summed E-state index contributed by atoms with van der Waals surface area (Å²) in [5.74, 6) is 0.478. The van der Waals surface area contributed by atoms with E-state index in [2.05, 4.69) is 10.6 Å². The van der Waals surface area contributed by atoms with Gasteiger partial charge in [-0.1, -0.05) is 24.3 Å². The lowest BCUT2D eigenvalue weighted by Gasteiger charge is -2.28. The molecule has 130 valence electrons. The molecular weight excluding hydrogens is 318 g/mol. The van der Waals surface area contributed by atoms with Gasteiger partial charge in [0.05, 0.1) is 30.7 Å². The molecule has 0 fully saturated rings. The average Bonchev–Trinajstić information content (AvgIpc) is 2.74. The van der Waals surface area contributed by atoms with E-state index in [1.54, 1.807) is 18.1 Å². The van der Waals surface area contributed by atoms with E-state index in [1.165, 1.54) is 0 Å². The first-order chi connectivity index (χ1) is 12.1. The summed E-state index contributed by atoms with van der Waals surface area (Å²) in [6, 6.07) is 14.6. The third kappa shape index (κ3) is 3.57. The molecule has 0 saturated heterocycles. The average molecular weight is 339 g/mol. The van der Waals surface area contributed by atoms with Gasteiger partial charge in [-0.15, -0.1) is 0 Å². The molecule has 2 amide bonds. The molecule has 6 heteroatoms. The number of methoxy groups -OCH3 is 1. The van der Waals surface area contributed by atoms with Gasteiger partial charge in [-0.05, 0) is 31.2 Å². The van der Waals surface area contributed by atoms with E-state index in [4.69, 9.17) is 4.74 Å². The van der Waals surface area contributed by atoms with Crippen LogP contribution in [0.1, 0.15) is 13.3 Å². The van der Waals surface area contributed by atoms with Crippen LogP contribution < -0.4 is 20.3 Å². The zero-order chi connectivity index (χ0) is 17.8.